The standard InChI is InChI=1S/C25H28N4O3/c1-16(26-20-10-4-3-7-18(20)23(31)32)17-8-5-9-19-21(17)27-24(28(2)22(19)30)29-14-13-25(15-29)11-6-12-25/h3-5,7-10,16,26H,6,11-15H2,1-2H3,(H,31,32). The molecule has 2 fully saturated rings. The summed E-state index contributed by atoms with van der Waals surface area (Å²) >= 11 is 0. The molecule has 1 saturated heterocycles. The number of carbonyl (C=O) groups is 1. The molecular weight excluding hydrogens is 404 g/mol. The predicted octanol–water partition coefficient (Wildman–Crippen LogP) is 4.19. The summed E-state index contributed by atoms with van der Waals surface area (Å²) in [6.07, 6.45) is 4.98. The summed E-state index contributed by atoms with van der Waals surface area (Å²) in [4.78, 5) is 32.1. The lowest BCUT2D eigenvalue weighted by atomic mass is 9.68. The van der Waals surface area contributed by atoms with Gasteiger partial charge in [-0.2, -0.15) is 0 Å². The van der Waals surface area contributed by atoms with Crippen LogP contribution in [0.1, 0.15) is 54.6 Å². The summed E-state index contributed by atoms with van der Waals surface area (Å²) in [5.74, 6) is -0.261. The monoisotopic (exact) mass is 432 g/mol. The SMILES string of the molecule is CC(Nc1ccccc1C(=O)O)c1cccc2c(=O)n(C)c(N3CCC4(CCC4)C3)nc12. The number of benzene rings is 2. The molecule has 1 aliphatic carbocycles. The van der Waals surface area contributed by atoms with Gasteiger partial charge in [0.2, 0.25) is 5.95 Å². The summed E-state index contributed by atoms with van der Waals surface area (Å²) < 4.78 is 1.67. The number of anilines is 2. The van der Waals surface area contributed by atoms with Gasteiger partial charge in [0.1, 0.15) is 0 Å². The smallest absolute Gasteiger partial charge is 0.337 e. The third-order valence-electron chi connectivity index (χ3n) is 7.25. The van der Waals surface area contributed by atoms with E-state index in [0.29, 0.717) is 22.0 Å². The van der Waals surface area contributed by atoms with Crippen LogP contribution in [0, 0.1) is 5.41 Å². The van der Waals surface area contributed by atoms with Crippen molar-refractivity contribution in [2.24, 2.45) is 12.5 Å². The van der Waals surface area contributed by atoms with Crippen molar-refractivity contribution in [2.45, 2.75) is 38.6 Å². The van der Waals surface area contributed by atoms with Crippen molar-refractivity contribution in [1.29, 1.82) is 0 Å². The van der Waals surface area contributed by atoms with Gasteiger partial charge in [0, 0.05) is 31.4 Å². The number of nitrogens with one attached hydrogen (secondary N) is 1. The highest BCUT2D eigenvalue weighted by molar-refractivity contribution is 5.94. The second-order valence-electron chi connectivity index (χ2n) is 9.26. The minimum absolute atomic E-state index is 0.0560. The van der Waals surface area contributed by atoms with Gasteiger partial charge in [0.05, 0.1) is 22.5 Å². The fraction of sp³-hybridized carbons (Fsp3) is 0.400. The Hall–Kier alpha value is -3.35. The molecule has 166 valence electrons. The number of aromatic nitrogens is 2. The largest absolute Gasteiger partial charge is 0.478 e. The third kappa shape index (κ3) is 3.32. The van der Waals surface area contributed by atoms with Crippen molar-refractivity contribution in [1.82, 2.24) is 9.55 Å². The third-order valence-corrected chi connectivity index (χ3v) is 7.25. The number of hydrogen-bond acceptors (Lipinski definition) is 5. The Bertz CT molecular complexity index is 1260. The summed E-state index contributed by atoms with van der Waals surface area (Å²) in [6.45, 7) is 3.85. The Kier molecular flexibility index (Phi) is 4.92. The average molecular weight is 433 g/mol. The topological polar surface area (TPSA) is 87.5 Å². The predicted molar refractivity (Wildman–Crippen MR) is 126 cm³/mol. The van der Waals surface area contributed by atoms with Gasteiger partial charge in [-0.15, -0.1) is 0 Å². The summed E-state index contributed by atoms with van der Waals surface area (Å²) in [5, 5.41) is 13.4. The van der Waals surface area contributed by atoms with Crippen LogP contribution in [0.4, 0.5) is 11.6 Å². The van der Waals surface area contributed by atoms with Crippen molar-refractivity contribution in [3.05, 3.63) is 63.9 Å². The first kappa shape index (κ1) is 20.5. The van der Waals surface area contributed by atoms with E-state index in [4.69, 9.17) is 4.98 Å². The maximum atomic E-state index is 13.2. The molecule has 1 spiro atoms. The van der Waals surface area contributed by atoms with Gasteiger partial charge in [-0.3, -0.25) is 9.36 Å². The van der Waals surface area contributed by atoms with Gasteiger partial charge < -0.3 is 15.3 Å². The van der Waals surface area contributed by atoms with E-state index in [-0.39, 0.29) is 17.2 Å². The van der Waals surface area contributed by atoms with Crippen LogP contribution in [-0.2, 0) is 7.05 Å². The van der Waals surface area contributed by atoms with E-state index < -0.39 is 5.97 Å². The molecule has 2 aromatic carbocycles. The molecule has 2 N–H and O–H groups in total. The average Bonchev–Trinajstić information content (AvgIpc) is 3.22. The molecular formula is C25H28N4O3. The van der Waals surface area contributed by atoms with Gasteiger partial charge in [0.15, 0.2) is 0 Å². The molecule has 1 unspecified atom stereocenters. The van der Waals surface area contributed by atoms with Crippen molar-refractivity contribution in [3.63, 3.8) is 0 Å². The zero-order valence-corrected chi connectivity index (χ0v) is 18.5. The van der Waals surface area contributed by atoms with E-state index in [9.17, 15) is 14.7 Å². The molecule has 0 radical (unpaired) electrons. The number of nitrogens with zero attached hydrogens (tertiary/aromatic N) is 3. The number of carboxylic acid groups (broad SMARTS) is 1. The van der Waals surface area contributed by atoms with E-state index in [0.717, 1.165) is 31.0 Å². The Morgan fingerprint density at radius 3 is 2.62 bits per heavy atom. The van der Waals surface area contributed by atoms with E-state index in [1.807, 2.05) is 25.1 Å². The zero-order valence-electron chi connectivity index (χ0n) is 18.5. The Balaban J connectivity index is 1.55. The second-order valence-corrected chi connectivity index (χ2v) is 9.26. The molecule has 7 nitrogen and oxygen atoms in total. The van der Waals surface area contributed by atoms with Crippen LogP contribution in [0.5, 0.6) is 0 Å². The highest BCUT2D eigenvalue weighted by Crippen LogP contribution is 2.48. The number of para-hydroxylation sites is 2. The quantitative estimate of drug-likeness (QED) is 0.629. The van der Waals surface area contributed by atoms with Crippen molar-refractivity contribution >= 4 is 28.5 Å². The fourth-order valence-corrected chi connectivity index (χ4v) is 5.23. The molecule has 0 amide bonds. The molecule has 1 atom stereocenters. The number of hydrogen-bond donors (Lipinski definition) is 2. The first-order valence-electron chi connectivity index (χ1n) is 11.2. The summed E-state index contributed by atoms with van der Waals surface area (Å²) in [6, 6.07) is 12.2. The van der Waals surface area contributed by atoms with Crippen molar-refractivity contribution in [2.75, 3.05) is 23.3 Å². The van der Waals surface area contributed by atoms with Gasteiger partial charge >= 0.3 is 5.97 Å². The van der Waals surface area contributed by atoms with Gasteiger partial charge in [-0.05, 0) is 49.8 Å². The molecule has 2 heterocycles. The maximum Gasteiger partial charge on any atom is 0.337 e. The van der Waals surface area contributed by atoms with Crippen LogP contribution in [0.15, 0.2) is 47.3 Å². The second kappa shape index (κ2) is 7.65. The Morgan fingerprint density at radius 2 is 1.94 bits per heavy atom. The van der Waals surface area contributed by atoms with Crippen LogP contribution in [0.3, 0.4) is 0 Å². The maximum absolute atomic E-state index is 13.2. The van der Waals surface area contributed by atoms with Crippen LogP contribution in [-0.4, -0.2) is 33.7 Å². The number of fused-ring (bicyclic) bond motifs is 1. The van der Waals surface area contributed by atoms with E-state index in [1.165, 1.54) is 19.3 Å². The molecule has 2 aliphatic rings. The lowest BCUT2D eigenvalue weighted by Gasteiger charge is -2.38. The van der Waals surface area contributed by atoms with E-state index >= 15 is 0 Å². The first-order chi connectivity index (χ1) is 15.4. The molecule has 32 heavy (non-hydrogen) atoms. The lowest BCUT2D eigenvalue weighted by molar-refractivity contribution is 0.0698. The summed E-state index contributed by atoms with van der Waals surface area (Å²) in [7, 11) is 1.80. The molecule has 5 rings (SSSR count). The normalized spacial score (nSPS) is 18.0. The lowest BCUT2D eigenvalue weighted by Crippen LogP contribution is -2.35. The molecule has 7 heteroatoms. The Morgan fingerprint density at radius 1 is 1.16 bits per heavy atom. The zero-order chi connectivity index (χ0) is 22.5. The first-order valence-corrected chi connectivity index (χ1v) is 11.2. The fourth-order valence-electron chi connectivity index (χ4n) is 5.23. The van der Waals surface area contributed by atoms with Crippen LogP contribution in [0.25, 0.3) is 10.9 Å². The number of rotatable bonds is 5. The van der Waals surface area contributed by atoms with Crippen LogP contribution >= 0.6 is 0 Å². The highest BCUT2D eigenvalue weighted by atomic mass is 16.4. The molecule has 3 aromatic rings. The number of carboxylic acids is 1. The molecule has 1 saturated carbocycles. The van der Waals surface area contributed by atoms with Crippen LogP contribution in [0.2, 0.25) is 0 Å². The highest BCUT2D eigenvalue weighted by Gasteiger charge is 2.43. The van der Waals surface area contributed by atoms with E-state index in [2.05, 4.69) is 10.2 Å². The molecule has 1 aromatic heterocycles. The van der Waals surface area contributed by atoms with Crippen LogP contribution < -0.4 is 15.8 Å². The minimum Gasteiger partial charge on any atom is -0.478 e. The molecule has 1 aliphatic heterocycles. The summed E-state index contributed by atoms with van der Waals surface area (Å²) in [5.41, 5.74) is 2.65. The van der Waals surface area contributed by atoms with Crippen molar-refractivity contribution in [3.8, 4) is 0 Å². The van der Waals surface area contributed by atoms with Gasteiger partial charge in [-0.25, -0.2) is 9.78 Å². The van der Waals surface area contributed by atoms with Gasteiger partial charge in [-0.1, -0.05) is 30.7 Å². The van der Waals surface area contributed by atoms with Gasteiger partial charge in [0.25, 0.3) is 5.56 Å². The number of aromatic carboxylic acids is 1. The molecule has 0 bridgehead atoms. The van der Waals surface area contributed by atoms with E-state index in [1.54, 1.807) is 35.9 Å². The Labute approximate surface area is 186 Å². The minimum atomic E-state index is -0.980. The van der Waals surface area contributed by atoms with Crippen molar-refractivity contribution < 1.29 is 9.90 Å².